The van der Waals surface area contributed by atoms with E-state index < -0.39 is 35.2 Å². The van der Waals surface area contributed by atoms with Gasteiger partial charge in [0, 0.05) is 5.92 Å². The van der Waals surface area contributed by atoms with Crippen LogP contribution in [0, 0.1) is 29.4 Å². The number of ketones is 1. The Hall–Kier alpha value is -1.78. The Morgan fingerprint density at radius 3 is 2.47 bits per heavy atom. The van der Waals surface area contributed by atoms with Crippen molar-refractivity contribution in [3.05, 3.63) is 35.4 Å². The van der Waals surface area contributed by atoms with E-state index in [1.54, 1.807) is 0 Å². The molecule has 102 valence electrons. The van der Waals surface area contributed by atoms with Gasteiger partial charge in [-0.1, -0.05) is 6.92 Å². The first-order chi connectivity index (χ1) is 8.90. The lowest BCUT2D eigenvalue weighted by molar-refractivity contribution is -0.142. The Labute approximate surface area is 109 Å². The molecule has 0 heterocycles. The van der Waals surface area contributed by atoms with Crippen molar-refractivity contribution in [3.63, 3.8) is 0 Å². The number of Topliss-reactive ketones (excluding diaryl/α,β-unsaturated/α-hetero) is 1. The van der Waals surface area contributed by atoms with Gasteiger partial charge in [-0.15, -0.1) is 0 Å². The summed E-state index contributed by atoms with van der Waals surface area (Å²) in [6.07, 6.45) is 0.786. The maximum absolute atomic E-state index is 13.6. The van der Waals surface area contributed by atoms with Crippen molar-refractivity contribution < 1.29 is 23.5 Å². The van der Waals surface area contributed by atoms with Crippen LogP contribution in [0.3, 0.4) is 0 Å². The Morgan fingerprint density at radius 1 is 1.21 bits per heavy atom. The monoisotopic (exact) mass is 268 g/mol. The number of hydrogen-bond acceptors (Lipinski definition) is 2. The van der Waals surface area contributed by atoms with Crippen molar-refractivity contribution in [2.45, 2.75) is 19.8 Å². The van der Waals surface area contributed by atoms with Crippen molar-refractivity contribution in [3.8, 4) is 0 Å². The lowest BCUT2D eigenvalue weighted by Crippen LogP contribution is -2.26. The van der Waals surface area contributed by atoms with Gasteiger partial charge in [-0.25, -0.2) is 8.78 Å². The van der Waals surface area contributed by atoms with Crippen LogP contribution < -0.4 is 0 Å². The summed E-state index contributed by atoms with van der Waals surface area (Å²) in [6, 6.07) is 2.65. The third kappa shape index (κ3) is 2.64. The average Bonchev–Trinajstić information content (AvgIpc) is 2.74. The molecule has 0 saturated heterocycles. The van der Waals surface area contributed by atoms with Crippen molar-refractivity contribution >= 4 is 11.8 Å². The van der Waals surface area contributed by atoms with Crippen molar-refractivity contribution in [2.75, 3.05) is 0 Å². The molecule has 1 aliphatic carbocycles. The molecule has 3 unspecified atom stereocenters. The second-order valence-electron chi connectivity index (χ2n) is 5.12. The van der Waals surface area contributed by atoms with Crippen LogP contribution >= 0.6 is 0 Å². The van der Waals surface area contributed by atoms with Gasteiger partial charge in [-0.05, 0) is 37.0 Å². The molecule has 1 aliphatic rings. The van der Waals surface area contributed by atoms with E-state index in [9.17, 15) is 18.4 Å². The summed E-state index contributed by atoms with van der Waals surface area (Å²) in [5.74, 6) is -4.69. The van der Waals surface area contributed by atoms with Crippen LogP contribution in [0.2, 0.25) is 0 Å². The summed E-state index contributed by atoms with van der Waals surface area (Å²) in [5.41, 5.74) is -0.356. The van der Waals surface area contributed by atoms with Gasteiger partial charge in [0.1, 0.15) is 11.6 Å². The van der Waals surface area contributed by atoms with Gasteiger partial charge >= 0.3 is 5.97 Å². The first-order valence-corrected chi connectivity index (χ1v) is 6.12. The molecule has 0 aromatic heterocycles. The molecule has 19 heavy (non-hydrogen) atoms. The van der Waals surface area contributed by atoms with Gasteiger partial charge in [0.05, 0.1) is 11.5 Å². The maximum atomic E-state index is 13.6. The lowest BCUT2D eigenvalue weighted by atomic mass is 9.88. The van der Waals surface area contributed by atoms with Crippen LogP contribution in [-0.2, 0) is 4.79 Å². The highest BCUT2D eigenvalue weighted by molar-refractivity contribution is 6.00. The van der Waals surface area contributed by atoms with Crippen LogP contribution in [0.5, 0.6) is 0 Å². The van der Waals surface area contributed by atoms with E-state index in [-0.39, 0.29) is 11.5 Å². The number of carbonyl (C=O) groups is 2. The molecule has 1 N–H and O–H groups in total. The topological polar surface area (TPSA) is 54.4 Å². The lowest BCUT2D eigenvalue weighted by Gasteiger charge is -2.14. The number of hydrogen-bond donors (Lipinski definition) is 1. The summed E-state index contributed by atoms with van der Waals surface area (Å²) >= 11 is 0. The van der Waals surface area contributed by atoms with Crippen LogP contribution in [0.1, 0.15) is 30.1 Å². The maximum Gasteiger partial charge on any atom is 0.307 e. The predicted molar refractivity (Wildman–Crippen MR) is 63.7 cm³/mol. The molecular weight excluding hydrogens is 254 g/mol. The molecule has 0 amide bonds. The van der Waals surface area contributed by atoms with Gasteiger partial charge < -0.3 is 5.11 Å². The Kier molecular flexibility index (Phi) is 3.64. The third-order valence-electron chi connectivity index (χ3n) is 3.65. The van der Waals surface area contributed by atoms with Crippen LogP contribution in [-0.4, -0.2) is 16.9 Å². The molecular formula is C14H14F2O3. The van der Waals surface area contributed by atoms with E-state index in [1.165, 1.54) is 0 Å². The van der Waals surface area contributed by atoms with Crippen LogP contribution in [0.15, 0.2) is 18.2 Å². The normalized spacial score (nSPS) is 26.4. The van der Waals surface area contributed by atoms with Gasteiger partial charge in [0.2, 0.25) is 0 Å². The molecule has 0 radical (unpaired) electrons. The number of carbonyl (C=O) groups excluding carboxylic acids is 1. The fourth-order valence-corrected chi connectivity index (χ4v) is 2.74. The molecule has 3 atom stereocenters. The second-order valence-corrected chi connectivity index (χ2v) is 5.12. The Bertz CT molecular complexity index is 527. The van der Waals surface area contributed by atoms with E-state index in [4.69, 9.17) is 5.11 Å². The first kappa shape index (κ1) is 13.6. The molecule has 3 nitrogen and oxygen atoms in total. The highest BCUT2D eigenvalue weighted by atomic mass is 19.1. The zero-order valence-corrected chi connectivity index (χ0v) is 10.4. The number of benzene rings is 1. The minimum absolute atomic E-state index is 0.0895. The van der Waals surface area contributed by atoms with E-state index >= 15 is 0 Å². The molecule has 2 rings (SSSR count). The van der Waals surface area contributed by atoms with E-state index in [1.807, 2.05) is 6.92 Å². The summed E-state index contributed by atoms with van der Waals surface area (Å²) < 4.78 is 26.7. The summed E-state index contributed by atoms with van der Waals surface area (Å²) in [6.45, 7) is 1.85. The quantitative estimate of drug-likeness (QED) is 0.857. The molecule has 1 fully saturated rings. The van der Waals surface area contributed by atoms with Crippen LogP contribution in [0.25, 0.3) is 0 Å². The number of aliphatic carboxylic acids is 1. The highest BCUT2D eigenvalue weighted by Crippen LogP contribution is 2.38. The smallest absolute Gasteiger partial charge is 0.307 e. The fourth-order valence-electron chi connectivity index (χ4n) is 2.74. The summed E-state index contributed by atoms with van der Waals surface area (Å²) in [5, 5.41) is 9.10. The second kappa shape index (κ2) is 5.07. The fraction of sp³-hybridized carbons (Fsp3) is 0.429. The van der Waals surface area contributed by atoms with Crippen molar-refractivity contribution in [1.29, 1.82) is 0 Å². The van der Waals surface area contributed by atoms with Crippen molar-refractivity contribution in [2.24, 2.45) is 17.8 Å². The van der Waals surface area contributed by atoms with Crippen LogP contribution in [0.4, 0.5) is 8.78 Å². The number of rotatable bonds is 3. The zero-order valence-electron chi connectivity index (χ0n) is 10.4. The Morgan fingerprint density at radius 2 is 1.84 bits per heavy atom. The summed E-state index contributed by atoms with van der Waals surface area (Å²) in [4.78, 5) is 23.3. The van der Waals surface area contributed by atoms with E-state index in [0.717, 1.165) is 18.2 Å². The molecule has 5 heteroatoms. The van der Waals surface area contributed by atoms with Gasteiger partial charge in [0.25, 0.3) is 0 Å². The molecule has 0 bridgehead atoms. The van der Waals surface area contributed by atoms with Crippen molar-refractivity contribution in [1.82, 2.24) is 0 Å². The van der Waals surface area contributed by atoms with Gasteiger partial charge in [0.15, 0.2) is 5.78 Å². The number of carboxylic acid groups (broad SMARTS) is 1. The molecule has 1 saturated carbocycles. The van der Waals surface area contributed by atoms with Gasteiger partial charge in [-0.2, -0.15) is 0 Å². The number of halogens is 2. The minimum atomic E-state index is -1.06. The van der Waals surface area contributed by atoms with E-state index in [0.29, 0.717) is 12.8 Å². The molecule has 1 aromatic carbocycles. The third-order valence-corrected chi connectivity index (χ3v) is 3.65. The largest absolute Gasteiger partial charge is 0.481 e. The van der Waals surface area contributed by atoms with Gasteiger partial charge in [-0.3, -0.25) is 9.59 Å². The average molecular weight is 268 g/mol. The SMILES string of the molecule is CC1CC(C(=O)O)C(C(=O)c2cc(F)ccc2F)C1. The van der Waals surface area contributed by atoms with E-state index in [2.05, 4.69) is 0 Å². The molecule has 0 aliphatic heterocycles. The Balaban J connectivity index is 2.33. The zero-order chi connectivity index (χ0) is 14.2. The predicted octanol–water partition coefficient (Wildman–Crippen LogP) is 2.89. The number of carboxylic acids is 1. The highest BCUT2D eigenvalue weighted by Gasteiger charge is 2.42. The summed E-state index contributed by atoms with van der Waals surface area (Å²) in [7, 11) is 0. The standard InChI is InChI=1S/C14H14F2O3/c1-7-4-9(10(5-7)14(18)19)13(17)11-6-8(15)2-3-12(11)16/h2-3,6-7,9-10H,4-5H2,1H3,(H,18,19). The first-order valence-electron chi connectivity index (χ1n) is 6.12. The molecule has 0 spiro atoms. The molecule has 1 aromatic rings. The minimum Gasteiger partial charge on any atom is -0.481 e.